The molecule has 1 aromatic heterocycles. The van der Waals surface area contributed by atoms with Gasteiger partial charge in [-0.25, -0.2) is 4.79 Å². The molecule has 1 aromatic rings. The molecule has 4 heterocycles. The predicted octanol–water partition coefficient (Wildman–Crippen LogP) is 2.19. The molecule has 0 aromatic carbocycles. The molecule has 0 spiro atoms. The molecular formula is C16H24N4O2. The predicted molar refractivity (Wildman–Crippen MR) is 81.6 cm³/mol. The number of aryl methyl sites for hydroxylation is 2. The fraction of sp³-hybridized carbons (Fsp3) is 0.750. The van der Waals surface area contributed by atoms with Crippen LogP contribution < -0.4 is 5.32 Å². The minimum atomic E-state index is 0.0589. The highest BCUT2D eigenvalue weighted by atomic mass is 16.5. The van der Waals surface area contributed by atoms with Gasteiger partial charge >= 0.3 is 6.03 Å². The number of aromatic nitrogens is 2. The number of hydrogen-bond acceptors (Lipinski definition) is 3. The zero-order chi connectivity index (χ0) is 15.3. The molecule has 2 bridgehead atoms. The Labute approximate surface area is 130 Å². The normalized spacial score (nSPS) is 33.6. The summed E-state index contributed by atoms with van der Waals surface area (Å²) < 4.78 is 5.84. The van der Waals surface area contributed by atoms with Gasteiger partial charge in [-0.2, -0.15) is 5.10 Å². The van der Waals surface area contributed by atoms with E-state index in [2.05, 4.69) is 15.5 Å². The highest BCUT2D eigenvalue weighted by Gasteiger charge is 2.43. The zero-order valence-corrected chi connectivity index (χ0v) is 13.3. The number of rotatable bonds is 2. The minimum Gasteiger partial charge on any atom is -0.373 e. The summed E-state index contributed by atoms with van der Waals surface area (Å²) in [6.45, 7) is 4.87. The Bertz CT molecular complexity index is 565. The summed E-state index contributed by atoms with van der Waals surface area (Å²) in [5.74, 6) is 0. The van der Waals surface area contributed by atoms with E-state index < -0.39 is 0 Å². The Balaban J connectivity index is 1.48. The number of fused-ring (bicyclic) bond motifs is 2. The highest BCUT2D eigenvalue weighted by Crippen LogP contribution is 2.37. The summed E-state index contributed by atoms with van der Waals surface area (Å²) in [7, 11) is 0. The topological polar surface area (TPSA) is 70.2 Å². The molecule has 0 saturated carbocycles. The van der Waals surface area contributed by atoms with Crippen molar-refractivity contribution in [2.45, 2.75) is 70.2 Å². The van der Waals surface area contributed by atoms with Crippen molar-refractivity contribution in [2.75, 3.05) is 6.54 Å². The smallest absolute Gasteiger partial charge is 0.318 e. The second-order valence-electron chi connectivity index (χ2n) is 6.86. The molecule has 6 heteroatoms. The number of amides is 2. The molecule has 0 aliphatic carbocycles. The van der Waals surface area contributed by atoms with E-state index in [1.165, 1.54) is 5.56 Å². The van der Waals surface area contributed by atoms with Crippen molar-refractivity contribution in [2.24, 2.45) is 0 Å². The van der Waals surface area contributed by atoms with Crippen molar-refractivity contribution in [3.05, 3.63) is 17.0 Å². The van der Waals surface area contributed by atoms with Crippen LogP contribution in [0, 0.1) is 13.8 Å². The van der Waals surface area contributed by atoms with E-state index in [-0.39, 0.29) is 24.2 Å². The SMILES string of the molecule is Cc1n[nH]c(C)c1[C@@H]1CCCN1C(=O)N[C@@H]1C[C@H]2CC[C@H]1O2. The molecule has 4 atom stereocenters. The van der Waals surface area contributed by atoms with Crippen LogP contribution >= 0.6 is 0 Å². The van der Waals surface area contributed by atoms with Gasteiger partial charge in [-0.3, -0.25) is 5.10 Å². The van der Waals surface area contributed by atoms with Gasteiger partial charge in [0.05, 0.1) is 30.0 Å². The van der Waals surface area contributed by atoms with Gasteiger partial charge in [-0.1, -0.05) is 0 Å². The van der Waals surface area contributed by atoms with E-state index in [0.717, 1.165) is 50.0 Å². The van der Waals surface area contributed by atoms with Gasteiger partial charge in [0.25, 0.3) is 0 Å². The van der Waals surface area contributed by atoms with Gasteiger partial charge in [0.15, 0.2) is 0 Å². The Hall–Kier alpha value is -1.56. The Morgan fingerprint density at radius 2 is 2.23 bits per heavy atom. The molecule has 6 nitrogen and oxygen atoms in total. The third kappa shape index (κ3) is 2.20. The molecule has 22 heavy (non-hydrogen) atoms. The number of likely N-dealkylation sites (tertiary alicyclic amines) is 1. The van der Waals surface area contributed by atoms with Gasteiger partial charge in [0.2, 0.25) is 0 Å². The van der Waals surface area contributed by atoms with Gasteiger partial charge in [0, 0.05) is 17.8 Å². The first-order valence-corrected chi connectivity index (χ1v) is 8.37. The van der Waals surface area contributed by atoms with Gasteiger partial charge in [-0.15, -0.1) is 0 Å². The van der Waals surface area contributed by atoms with E-state index in [0.29, 0.717) is 6.10 Å². The van der Waals surface area contributed by atoms with Crippen molar-refractivity contribution in [1.82, 2.24) is 20.4 Å². The molecule has 3 saturated heterocycles. The van der Waals surface area contributed by atoms with Crippen molar-refractivity contribution < 1.29 is 9.53 Å². The average Bonchev–Trinajstić information content (AvgIpc) is 3.23. The molecule has 3 aliphatic heterocycles. The van der Waals surface area contributed by atoms with Crippen LogP contribution in [0.1, 0.15) is 55.1 Å². The number of aromatic amines is 1. The number of nitrogens with zero attached hydrogens (tertiary/aromatic N) is 2. The van der Waals surface area contributed by atoms with Gasteiger partial charge < -0.3 is 15.0 Å². The van der Waals surface area contributed by atoms with E-state index in [1.807, 2.05) is 18.7 Å². The lowest BCUT2D eigenvalue weighted by atomic mass is 9.95. The Kier molecular flexibility index (Phi) is 3.36. The lowest BCUT2D eigenvalue weighted by Crippen LogP contribution is -2.48. The maximum atomic E-state index is 12.7. The number of ether oxygens (including phenoxy) is 1. The molecule has 0 radical (unpaired) electrons. The Morgan fingerprint density at radius 3 is 2.86 bits per heavy atom. The van der Waals surface area contributed by atoms with Crippen LogP contribution in [0.5, 0.6) is 0 Å². The standard InChI is InChI=1S/C16H24N4O2/c1-9-15(10(2)19-18-9)13-4-3-7-20(13)16(21)17-12-8-11-5-6-14(12)22-11/h11-14H,3-8H2,1-2H3,(H,17,21)(H,18,19)/t11-,12-,13+,14-/m1/s1. The summed E-state index contributed by atoms with van der Waals surface area (Å²) >= 11 is 0. The fourth-order valence-electron chi connectivity index (χ4n) is 4.39. The fourth-order valence-corrected chi connectivity index (χ4v) is 4.39. The number of urea groups is 1. The van der Waals surface area contributed by atoms with E-state index in [9.17, 15) is 4.79 Å². The number of nitrogens with one attached hydrogen (secondary N) is 2. The lowest BCUT2D eigenvalue weighted by molar-refractivity contribution is 0.0968. The van der Waals surface area contributed by atoms with E-state index in [4.69, 9.17) is 4.74 Å². The van der Waals surface area contributed by atoms with Gasteiger partial charge in [0.1, 0.15) is 0 Å². The summed E-state index contributed by atoms with van der Waals surface area (Å²) in [6, 6.07) is 0.404. The molecule has 0 unspecified atom stereocenters. The summed E-state index contributed by atoms with van der Waals surface area (Å²) in [6.07, 6.45) is 5.86. The Morgan fingerprint density at radius 1 is 1.36 bits per heavy atom. The first-order chi connectivity index (χ1) is 10.6. The van der Waals surface area contributed by atoms with Crippen LogP contribution in [0.25, 0.3) is 0 Å². The molecule has 2 N–H and O–H groups in total. The number of H-pyrrole nitrogens is 1. The third-order valence-corrected chi connectivity index (χ3v) is 5.45. The molecule has 4 rings (SSSR count). The first-order valence-electron chi connectivity index (χ1n) is 8.37. The molecule has 2 amide bonds. The zero-order valence-electron chi connectivity index (χ0n) is 13.3. The van der Waals surface area contributed by atoms with Crippen molar-refractivity contribution >= 4 is 6.03 Å². The molecule has 120 valence electrons. The quantitative estimate of drug-likeness (QED) is 0.880. The van der Waals surface area contributed by atoms with E-state index in [1.54, 1.807) is 0 Å². The van der Waals surface area contributed by atoms with Crippen LogP contribution in [-0.4, -0.2) is 45.9 Å². The number of hydrogen-bond donors (Lipinski definition) is 2. The minimum absolute atomic E-state index is 0.0589. The van der Waals surface area contributed by atoms with Crippen LogP contribution in [0.2, 0.25) is 0 Å². The lowest BCUT2D eigenvalue weighted by Gasteiger charge is -2.29. The van der Waals surface area contributed by atoms with Crippen LogP contribution in [-0.2, 0) is 4.74 Å². The maximum absolute atomic E-state index is 12.7. The molecule has 3 aliphatic rings. The van der Waals surface area contributed by atoms with Crippen molar-refractivity contribution in [3.63, 3.8) is 0 Å². The number of carbonyl (C=O) groups excluding carboxylic acids is 1. The van der Waals surface area contributed by atoms with Crippen LogP contribution in [0.4, 0.5) is 4.79 Å². The highest BCUT2D eigenvalue weighted by molar-refractivity contribution is 5.75. The van der Waals surface area contributed by atoms with Crippen molar-refractivity contribution in [3.8, 4) is 0 Å². The monoisotopic (exact) mass is 304 g/mol. The summed E-state index contributed by atoms with van der Waals surface area (Å²) in [5, 5.41) is 10.5. The number of carbonyl (C=O) groups is 1. The van der Waals surface area contributed by atoms with Gasteiger partial charge in [-0.05, 0) is 46.0 Å². The van der Waals surface area contributed by atoms with E-state index >= 15 is 0 Å². The molecule has 3 fully saturated rings. The first kappa shape index (κ1) is 14.1. The molecular weight excluding hydrogens is 280 g/mol. The summed E-state index contributed by atoms with van der Waals surface area (Å²) in [4.78, 5) is 14.7. The second kappa shape index (κ2) is 5.26. The summed E-state index contributed by atoms with van der Waals surface area (Å²) in [5.41, 5.74) is 3.27. The maximum Gasteiger partial charge on any atom is 0.318 e. The van der Waals surface area contributed by atoms with Crippen LogP contribution in [0.15, 0.2) is 0 Å². The van der Waals surface area contributed by atoms with Crippen LogP contribution in [0.3, 0.4) is 0 Å². The van der Waals surface area contributed by atoms with Crippen molar-refractivity contribution in [1.29, 1.82) is 0 Å². The largest absolute Gasteiger partial charge is 0.373 e. The third-order valence-electron chi connectivity index (χ3n) is 5.45. The second-order valence-corrected chi connectivity index (χ2v) is 6.86. The average molecular weight is 304 g/mol.